The van der Waals surface area contributed by atoms with Gasteiger partial charge in [0, 0.05) is 24.8 Å². The summed E-state index contributed by atoms with van der Waals surface area (Å²) in [4.78, 5) is 15.3. The van der Waals surface area contributed by atoms with E-state index in [0.717, 1.165) is 6.42 Å². The van der Waals surface area contributed by atoms with Crippen molar-refractivity contribution in [1.29, 1.82) is 0 Å². The van der Waals surface area contributed by atoms with Crippen molar-refractivity contribution in [3.05, 3.63) is 53.5 Å². The number of phenols is 1. The minimum atomic E-state index is -0.865. The Balaban J connectivity index is 1.76. The number of piperidine rings is 1. The number of anilines is 1. The van der Waals surface area contributed by atoms with Crippen LogP contribution in [0.4, 0.5) is 14.6 Å². The molecule has 2 aromatic carbocycles. The second-order valence-electron chi connectivity index (χ2n) is 9.27. The zero-order chi connectivity index (χ0) is 24.2. The molecule has 2 aromatic heterocycles. The van der Waals surface area contributed by atoms with E-state index < -0.39 is 11.4 Å². The highest BCUT2D eigenvalue weighted by Crippen LogP contribution is 2.39. The van der Waals surface area contributed by atoms with Crippen LogP contribution >= 0.6 is 0 Å². The summed E-state index contributed by atoms with van der Waals surface area (Å²) in [6, 6.07) is 5.86. The number of fused-ring (bicyclic) bond motifs is 2. The topological polar surface area (TPSA) is 82.4 Å². The molecule has 1 fully saturated rings. The Morgan fingerprint density at radius 2 is 1.97 bits per heavy atom. The van der Waals surface area contributed by atoms with E-state index in [2.05, 4.69) is 15.0 Å². The summed E-state index contributed by atoms with van der Waals surface area (Å²) in [6.45, 7) is 6.36. The minimum Gasteiger partial charge on any atom is -0.508 e. The molecule has 5 rings (SSSR count). The third-order valence-electron chi connectivity index (χ3n) is 6.51. The highest BCUT2D eigenvalue weighted by atomic mass is 19.1. The molecule has 0 spiro atoms. The number of aromatic hydroxyl groups is 1. The Morgan fingerprint density at radius 1 is 1.18 bits per heavy atom. The van der Waals surface area contributed by atoms with Crippen LogP contribution in [-0.2, 0) is 6.42 Å². The first kappa shape index (κ1) is 22.4. The van der Waals surface area contributed by atoms with Crippen molar-refractivity contribution in [1.82, 2.24) is 15.0 Å². The summed E-state index contributed by atoms with van der Waals surface area (Å²) in [7, 11) is 0. The largest absolute Gasteiger partial charge is 0.508 e. The molecule has 0 aliphatic carbocycles. The number of hydrogen-bond donors (Lipinski definition) is 2. The van der Waals surface area contributed by atoms with Gasteiger partial charge >= 0.3 is 0 Å². The Morgan fingerprint density at radius 3 is 2.71 bits per heavy atom. The van der Waals surface area contributed by atoms with Crippen LogP contribution in [0.2, 0.25) is 0 Å². The average molecular weight is 465 g/mol. The van der Waals surface area contributed by atoms with Gasteiger partial charge in [0.05, 0.1) is 11.0 Å². The second-order valence-corrected chi connectivity index (χ2v) is 9.27. The molecule has 1 atom stereocenters. The van der Waals surface area contributed by atoms with Gasteiger partial charge in [0.25, 0.3) is 0 Å². The number of aryl methyl sites for hydroxylation is 2. The number of phenolic OH excluding ortho intramolecular Hbond substituents is 1. The molecule has 1 aliphatic rings. The number of aromatic nitrogens is 3. The normalized spacial score (nSPS) is 18.7. The van der Waals surface area contributed by atoms with Crippen LogP contribution in [-0.4, -0.2) is 43.9 Å². The predicted molar refractivity (Wildman–Crippen MR) is 128 cm³/mol. The third kappa shape index (κ3) is 3.72. The molecule has 34 heavy (non-hydrogen) atoms. The number of pyridine rings is 1. The van der Waals surface area contributed by atoms with Crippen LogP contribution in [0, 0.1) is 18.6 Å². The highest BCUT2D eigenvalue weighted by molar-refractivity contribution is 6.01. The molecule has 0 saturated carbocycles. The molecular formula is C26H26F2N4O2. The minimum absolute atomic E-state index is 0.0107. The van der Waals surface area contributed by atoms with Gasteiger partial charge < -0.3 is 15.1 Å². The Hall–Kier alpha value is -3.39. The van der Waals surface area contributed by atoms with Crippen molar-refractivity contribution >= 4 is 27.5 Å². The molecule has 0 bridgehead atoms. The van der Waals surface area contributed by atoms with E-state index in [0.29, 0.717) is 64.9 Å². The molecule has 6 nitrogen and oxygen atoms in total. The fraction of sp³-hybridized carbons (Fsp3) is 0.346. The molecule has 176 valence electrons. The first-order valence-electron chi connectivity index (χ1n) is 11.4. The Kier molecular flexibility index (Phi) is 5.36. The van der Waals surface area contributed by atoms with E-state index in [-0.39, 0.29) is 22.8 Å². The molecule has 1 aliphatic heterocycles. The predicted octanol–water partition coefficient (Wildman–Crippen LogP) is 5.05. The van der Waals surface area contributed by atoms with Crippen LogP contribution in [0.3, 0.4) is 0 Å². The van der Waals surface area contributed by atoms with E-state index in [1.807, 2.05) is 11.8 Å². The van der Waals surface area contributed by atoms with E-state index in [1.165, 1.54) is 24.4 Å². The second kappa shape index (κ2) is 8.13. The maximum Gasteiger partial charge on any atom is 0.175 e. The summed E-state index contributed by atoms with van der Waals surface area (Å²) in [6.07, 6.45) is 3.39. The average Bonchev–Trinajstić information content (AvgIpc) is 2.78. The monoisotopic (exact) mass is 464 g/mol. The van der Waals surface area contributed by atoms with Gasteiger partial charge in [0.2, 0.25) is 0 Å². The maximum atomic E-state index is 16.0. The summed E-state index contributed by atoms with van der Waals surface area (Å²) in [5.41, 5.74) is -0.0309. The summed E-state index contributed by atoms with van der Waals surface area (Å²) in [5.74, 6) is -0.189. The maximum absolute atomic E-state index is 16.0. The molecule has 0 amide bonds. The fourth-order valence-electron chi connectivity index (χ4n) is 5.01. The standard InChI is InChI=1S/C26H26F2N4O2/c1-4-17-20(27)7-6-15-10-16(33)11-18(21(15)17)23-22(28)24-19(12-29-23)25(31-14(2)30-24)32-9-5-8-26(3,34)13-32/h6-7,10-12,33-34H,4-5,8-9,13H2,1-3H3/t26-/m0/s1. The van der Waals surface area contributed by atoms with E-state index >= 15 is 4.39 Å². The van der Waals surface area contributed by atoms with Crippen LogP contribution in [0.25, 0.3) is 32.9 Å². The number of β-amino-alcohol motifs (C(OH)–C–C–N with tert-alkyl or cyclic N) is 1. The Bertz CT molecular complexity index is 1440. The number of halogens is 2. The van der Waals surface area contributed by atoms with Gasteiger partial charge in [0.15, 0.2) is 5.82 Å². The van der Waals surface area contributed by atoms with Crippen molar-refractivity contribution in [3.8, 4) is 17.0 Å². The zero-order valence-corrected chi connectivity index (χ0v) is 19.4. The lowest BCUT2D eigenvalue weighted by Crippen LogP contribution is -2.46. The lowest BCUT2D eigenvalue weighted by Gasteiger charge is -2.38. The summed E-state index contributed by atoms with van der Waals surface area (Å²) >= 11 is 0. The molecule has 3 heterocycles. The quantitative estimate of drug-likeness (QED) is 0.442. The Labute approximate surface area is 195 Å². The molecule has 4 aromatic rings. The van der Waals surface area contributed by atoms with Gasteiger partial charge in [-0.1, -0.05) is 13.0 Å². The van der Waals surface area contributed by atoms with Crippen molar-refractivity contribution in [2.24, 2.45) is 0 Å². The highest BCUT2D eigenvalue weighted by Gasteiger charge is 2.31. The molecular weight excluding hydrogens is 438 g/mol. The molecule has 2 N–H and O–H groups in total. The van der Waals surface area contributed by atoms with Gasteiger partial charge in [-0.05, 0) is 67.6 Å². The first-order valence-corrected chi connectivity index (χ1v) is 11.4. The van der Waals surface area contributed by atoms with Crippen molar-refractivity contribution in [2.45, 2.75) is 45.6 Å². The van der Waals surface area contributed by atoms with E-state index in [1.54, 1.807) is 19.9 Å². The van der Waals surface area contributed by atoms with Crippen LogP contribution in [0.5, 0.6) is 5.75 Å². The number of hydrogen-bond acceptors (Lipinski definition) is 6. The number of benzene rings is 2. The van der Waals surface area contributed by atoms with E-state index in [9.17, 15) is 14.6 Å². The van der Waals surface area contributed by atoms with Crippen molar-refractivity contribution in [3.63, 3.8) is 0 Å². The van der Waals surface area contributed by atoms with Gasteiger partial charge in [-0.15, -0.1) is 0 Å². The molecule has 0 radical (unpaired) electrons. The lowest BCUT2D eigenvalue weighted by molar-refractivity contribution is 0.0448. The van der Waals surface area contributed by atoms with Gasteiger partial charge in [-0.25, -0.2) is 18.7 Å². The fourth-order valence-corrected chi connectivity index (χ4v) is 5.01. The molecule has 1 saturated heterocycles. The van der Waals surface area contributed by atoms with Crippen LogP contribution in [0.1, 0.15) is 38.1 Å². The number of nitrogens with zero attached hydrogens (tertiary/aromatic N) is 4. The van der Waals surface area contributed by atoms with Crippen molar-refractivity contribution in [2.75, 3.05) is 18.0 Å². The van der Waals surface area contributed by atoms with Crippen molar-refractivity contribution < 1.29 is 19.0 Å². The molecule has 0 unspecified atom stereocenters. The lowest BCUT2D eigenvalue weighted by atomic mass is 9.94. The number of rotatable bonds is 3. The zero-order valence-electron chi connectivity index (χ0n) is 19.4. The van der Waals surface area contributed by atoms with E-state index in [4.69, 9.17) is 0 Å². The van der Waals surface area contributed by atoms with Crippen LogP contribution < -0.4 is 4.90 Å². The van der Waals surface area contributed by atoms with Gasteiger partial charge in [0.1, 0.15) is 34.4 Å². The SMILES string of the molecule is CCc1c(F)ccc2cc(O)cc(-c3ncc4c(N5CCC[C@](C)(O)C5)nc(C)nc4c3F)c12. The first-order chi connectivity index (χ1) is 16.2. The summed E-state index contributed by atoms with van der Waals surface area (Å²) in [5, 5.41) is 22.4. The van der Waals surface area contributed by atoms with Crippen LogP contribution in [0.15, 0.2) is 30.5 Å². The van der Waals surface area contributed by atoms with Gasteiger partial charge in [-0.2, -0.15) is 0 Å². The smallest absolute Gasteiger partial charge is 0.175 e. The number of aliphatic hydroxyl groups is 1. The third-order valence-corrected chi connectivity index (χ3v) is 6.51. The summed E-state index contributed by atoms with van der Waals surface area (Å²) < 4.78 is 30.7. The molecule has 8 heteroatoms. The van der Waals surface area contributed by atoms with Gasteiger partial charge in [-0.3, -0.25) is 4.98 Å².